The third kappa shape index (κ3) is 3.79. The first-order valence-corrected chi connectivity index (χ1v) is 8.68. The Labute approximate surface area is 152 Å². The number of carbonyl (C=O) groups excluding carboxylic acids is 4. The first kappa shape index (κ1) is 19.7. The second kappa shape index (κ2) is 7.72. The molecule has 1 fully saturated rings. The molecule has 8 nitrogen and oxygen atoms in total. The monoisotopic (exact) mass is 363 g/mol. The summed E-state index contributed by atoms with van der Waals surface area (Å²) < 4.78 is 5.00. The topological polar surface area (TPSA) is 109 Å². The van der Waals surface area contributed by atoms with Gasteiger partial charge in [0.25, 0.3) is 5.91 Å². The molecular weight excluding hydrogens is 338 g/mol. The van der Waals surface area contributed by atoms with Gasteiger partial charge >= 0.3 is 12.0 Å². The molecule has 1 aromatic heterocycles. The van der Waals surface area contributed by atoms with Crippen molar-refractivity contribution in [1.29, 1.82) is 0 Å². The van der Waals surface area contributed by atoms with Crippen LogP contribution >= 0.6 is 0 Å². The minimum Gasteiger partial charge on any atom is -0.462 e. The van der Waals surface area contributed by atoms with Gasteiger partial charge in [-0.3, -0.25) is 14.5 Å². The molecule has 0 spiro atoms. The molecule has 1 aliphatic rings. The molecule has 1 atom stereocenters. The molecule has 26 heavy (non-hydrogen) atoms. The third-order valence-electron chi connectivity index (χ3n) is 4.31. The summed E-state index contributed by atoms with van der Waals surface area (Å²) in [6, 6.07) is -1.17. The number of nitrogens with one attached hydrogen (secondary N) is 2. The predicted molar refractivity (Wildman–Crippen MR) is 94.0 cm³/mol. The fraction of sp³-hybridized carbons (Fsp3) is 0.556. The van der Waals surface area contributed by atoms with Gasteiger partial charge in [-0.25, -0.2) is 9.59 Å². The number of Topliss-reactive ketones (excluding diaryl/α,β-unsaturated/α-hetero) is 1. The molecule has 2 heterocycles. The van der Waals surface area contributed by atoms with Crippen molar-refractivity contribution < 1.29 is 23.9 Å². The van der Waals surface area contributed by atoms with E-state index < -0.39 is 29.7 Å². The summed E-state index contributed by atoms with van der Waals surface area (Å²) in [5.41, 5.74) is 1.49. The molecule has 0 aliphatic carbocycles. The van der Waals surface area contributed by atoms with Gasteiger partial charge in [0.15, 0.2) is 5.78 Å². The van der Waals surface area contributed by atoms with E-state index in [4.69, 9.17) is 4.74 Å². The summed E-state index contributed by atoms with van der Waals surface area (Å²) in [5.74, 6) is -1.11. The summed E-state index contributed by atoms with van der Waals surface area (Å²) >= 11 is 0. The van der Waals surface area contributed by atoms with Crippen molar-refractivity contribution in [2.75, 3.05) is 13.2 Å². The second-order valence-corrected chi connectivity index (χ2v) is 6.82. The number of aromatic amines is 1. The third-order valence-corrected chi connectivity index (χ3v) is 4.31. The maximum absolute atomic E-state index is 12.6. The first-order chi connectivity index (χ1) is 12.2. The zero-order valence-corrected chi connectivity index (χ0v) is 15.8. The molecule has 1 aliphatic heterocycles. The number of rotatable bonds is 7. The number of esters is 1. The van der Waals surface area contributed by atoms with Crippen LogP contribution in [0, 0.1) is 19.8 Å². The van der Waals surface area contributed by atoms with Gasteiger partial charge in [-0.2, -0.15) is 0 Å². The SMILES string of the molecule is CCOC(=O)c1c(C)[nH]c(C(=O)CN2C(=O)N[C@@H](CC(C)C)C2=O)c1C. The second-order valence-electron chi connectivity index (χ2n) is 6.82. The van der Waals surface area contributed by atoms with Crippen LogP contribution in [0.2, 0.25) is 0 Å². The lowest BCUT2D eigenvalue weighted by molar-refractivity contribution is -0.127. The fourth-order valence-corrected chi connectivity index (χ4v) is 3.12. The number of nitrogens with zero attached hydrogens (tertiary/aromatic N) is 1. The Bertz CT molecular complexity index is 750. The average molecular weight is 363 g/mol. The summed E-state index contributed by atoms with van der Waals surface area (Å²) in [5, 5.41) is 2.61. The molecule has 1 aromatic rings. The van der Waals surface area contributed by atoms with E-state index in [9.17, 15) is 19.2 Å². The number of imide groups is 1. The van der Waals surface area contributed by atoms with Gasteiger partial charge in [-0.05, 0) is 38.7 Å². The highest BCUT2D eigenvalue weighted by Crippen LogP contribution is 2.21. The van der Waals surface area contributed by atoms with E-state index >= 15 is 0 Å². The number of H-pyrrole nitrogens is 1. The van der Waals surface area contributed by atoms with Gasteiger partial charge in [0, 0.05) is 5.69 Å². The molecule has 8 heteroatoms. The predicted octanol–water partition coefficient (Wildman–Crippen LogP) is 1.96. The van der Waals surface area contributed by atoms with Crippen LogP contribution in [0.15, 0.2) is 0 Å². The van der Waals surface area contributed by atoms with Crippen LogP contribution in [0.25, 0.3) is 0 Å². The van der Waals surface area contributed by atoms with E-state index in [0.29, 0.717) is 23.2 Å². The molecule has 1 saturated heterocycles. The van der Waals surface area contributed by atoms with Crippen LogP contribution in [-0.4, -0.2) is 52.8 Å². The van der Waals surface area contributed by atoms with Crippen LogP contribution in [0.1, 0.15) is 59.3 Å². The van der Waals surface area contributed by atoms with Crippen molar-refractivity contribution in [3.8, 4) is 0 Å². The quantitative estimate of drug-likeness (QED) is 0.437. The molecule has 2 rings (SSSR count). The number of ketones is 1. The molecule has 0 bridgehead atoms. The highest BCUT2D eigenvalue weighted by Gasteiger charge is 2.39. The van der Waals surface area contributed by atoms with Crippen molar-refractivity contribution in [3.05, 3.63) is 22.5 Å². The molecule has 0 aromatic carbocycles. The lowest BCUT2D eigenvalue weighted by Crippen LogP contribution is -2.36. The standard InChI is InChI=1S/C18H25N3O5/c1-6-26-17(24)14-10(4)15(19-11(14)5)13(22)8-21-16(23)12(7-9(2)3)20-18(21)25/h9,12,19H,6-8H2,1-5H3,(H,20,25)/t12-/m0/s1. The minimum atomic E-state index is -0.600. The van der Waals surface area contributed by atoms with Crippen molar-refractivity contribution in [1.82, 2.24) is 15.2 Å². The number of hydrogen-bond acceptors (Lipinski definition) is 5. The zero-order chi connectivity index (χ0) is 19.6. The fourth-order valence-electron chi connectivity index (χ4n) is 3.12. The van der Waals surface area contributed by atoms with Crippen molar-refractivity contribution >= 4 is 23.7 Å². The summed E-state index contributed by atoms with van der Waals surface area (Å²) in [6.07, 6.45) is 0.517. The maximum atomic E-state index is 12.6. The van der Waals surface area contributed by atoms with Crippen LogP contribution < -0.4 is 5.32 Å². The Morgan fingerprint density at radius 2 is 1.88 bits per heavy atom. The summed E-state index contributed by atoms with van der Waals surface area (Å²) in [7, 11) is 0. The van der Waals surface area contributed by atoms with E-state index in [2.05, 4.69) is 10.3 Å². The number of ether oxygens (including phenoxy) is 1. The lowest BCUT2D eigenvalue weighted by Gasteiger charge is -2.13. The molecule has 0 unspecified atom stereocenters. The number of aromatic nitrogens is 1. The molecule has 142 valence electrons. The number of amides is 3. The lowest BCUT2D eigenvalue weighted by atomic mass is 10.0. The van der Waals surface area contributed by atoms with Crippen LogP contribution in [0.3, 0.4) is 0 Å². The minimum absolute atomic E-state index is 0.207. The van der Waals surface area contributed by atoms with Crippen LogP contribution in [0.4, 0.5) is 4.79 Å². The van der Waals surface area contributed by atoms with Gasteiger partial charge in [-0.15, -0.1) is 0 Å². The van der Waals surface area contributed by atoms with Crippen molar-refractivity contribution in [3.63, 3.8) is 0 Å². The average Bonchev–Trinajstić information content (AvgIpc) is 2.97. The molecular formula is C18H25N3O5. The first-order valence-electron chi connectivity index (χ1n) is 8.68. The van der Waals surface area contributed by atoms with E-state index in [1.807, 2.05) is 13.8 Å². The maximum Gasteiger partial charge on any atom is 0.340 e. The Morgan fingerprint density at radius 3 is 2.46 bits per heavy atom. The number of hydrogen-bond donors (Lipinski definition) is 2. The van der Waals surface area contributed by atoms with Crippen LogP contribution in [0.5, 0.6) is 0 Å². The molecule has 2 N–H and O–H groups in total. The largest absolute Gasteiger partial charge is 0.462 e. The molecule has 0 saturated carbocycles. The number of carbonyl (C=O) groups is 4. The van der Waals surface area contributed by atoms with Gasteiger partial charge in [0.05, 0.1) is 24.4 Å². The number of aryl methyl sites for hydroxylation is 1. The van der Waals surface area contributed by atoms with Gasteiger partial charge in [-0.1, -0.05) is 13.8 Å². The number of urea groups is 1. The van der Waals surface area contributed by atoms with E-state index in [1.54, 1.807) is 20.8 Å². The highest BCUT2D eigenvalue weighted by molar-refractivity contribution is 6.10. The molecule has 0 radical (unpaired) electrons. The normalized spacial score (nSPS) is 17.0. The van der Waals surface area contributed by atoms with Crippen LogP contribution in [-0.2, 0) is 9.53 Å². The van der Waals surface area contributed by atoms with Crippen molar-refractivity contribution in [2.45, 2.75) is 47.1 Å². The summed E-state index contributed by atoms with van der Waals surface area (Å²) in [4.78, 5) is 52.9. The Kier molecular flexibility index (Phi) is 5.84. The van der Waals surface area contributed by atoms with Gasteiger partial charge in [0.2, 0.25) is 0 Å². The molecule has 3 amide bonds. The smallest absolute Gasteiger partial charge is 0.340 e. The van der Waals surface area contributed by atoms with E-state index in [1.165, 1.54) is 0 Å². The Balaban J connectivity index is 2.18. The van der Waals surface area contributed by atoms with E-state index in [-0.39, 0.29) is 24.8 Å². The highest BCUT2D eigenvalue weighted by atomic mass is 16.5. The zero-order valence-electron chi connectivity index (χ0n) is 15.8. The van der Waals surface area contributed by atoms with Gasteiger partial charge < -0.3 is 15.0 Å². The summed E-state index contributed by atoms with van der Waals surface area (Å²) in [6.45, 7) is 8.77. The Morgan fingerprint density at radius 1 is 1.23 bits per heavy atom. The van der Waals surface area contributed by atoms with Gasteiger partial charge in [0.1, 0.15) is 6.04 Å². The Hall–Kier alpha value is -2.64. The van der Waals surface area contributed by atoms with Crippen molar-refractivity contribution in [2.24, 2.45) is 5.92 Å². The van der Waals surface area contributed by atoms with E-state index in [0.717, 1.165) is 4.90 Å².